The van der Waals surface area contributed by atoms with Gasteiger partial charge in [-0.1, -0.05) is 13.8 Å². The zero-order chi connectivity index (χ0) is 20.0. The molecule has 0 spiro atoms. The lowest BCUT2D eigenvalue weighted by Gasteiger charge is -2.58. The van der Waals surface area contributed by atoms with Gasteiger partial charge in [0.25, 0.3) is 0 Å². The van der Waals surface area contributed by atoms with Crippen molar-refractivity contribution in [2.45, 2.75) is 65.4 Å². The molecule has 6 nitrogen and oxygen atoms in total. The second-order valence-corrected chi connectivity index (χ2v) is 9.78. The van der Waals surface area contributed by atoms with Crippen LogP contribution in [0.3, 0.4) is 0 Å². The minimum absolute atomic E-state index is 0.0359. The van der Waals surface area contributed by atoms with Crippen LogP contribution in [0.5, 0.6) is 0 Å². The number of aromatic nitrogens is 1. The Morgan fingerprint density at radius 2 is 2.04 bits per heavy atom. The quantitative estimate of drug-likeness (QED) is 0.711. The monoisotopic (exact) mass is 395 g/mol. The Morgan fingerprint density at radius 1 is 1.37 bits per heavy atom. The standard InChI is InChI=1S/C20H33N3O3S/c1-5-23(6-2)16(26)9-12-17-13(27-18(21)22-17)10-14-19(12,3)8-7-15(25)20(14,4)11-24/h12,14-15,24-25H,5-11H2,1-4H3,(H2,21,22). The minimum atomic E-state index is -0.583. The van der Waals surface area contributed by atoms with E-state index in [1.165, 1.54) is 11.3 Å². The number of carbonyl (C=O) groups is 1. The summed E-state index contributed by atoms with van der Waals surface area (Å²) in [5.74, 6) is 0.188. The van der Waals surface area contributed by atoms with Gasteiger partial charge in [0.15, 0.2) is 5.13 Å². The third-order valence-electron chi connectivity index (χ3n) is 7.41. The normalized spacial score (nSPS) is 35.4. The van der Waals surface area contributed by atoms with Gasteiger partial charge in [-0.05, 0) is 44.4 Å². The van der Waals surface area contributed by atoms with Crippen molar-refractivity contribution in [2.75, 3.05) is 25.4 Å². The Hall–Kier alpha value is -1.18. The van der Waals surface area contributed by atoms with E-state index in [4.69, 9.17) is 5.73 Å². The zero-order valence-corrected chi connectivity index (χ0v) is 17.7. The number of fused-ring (bicyclic) bond motifs is 2. The molecule has 2 aliphatic rings. The Labute approximate surface area is 165 Å². The van der Waals surface area contributed by atoms with E-state index in [2.05, 4.69) is 11.9 Å². The molecule has 0 aliphatic heterocycles. The number of rotatable bonds is 5. The van der Waals surface area contributed by atoms with Gasteiger partial charge in [0, 0.05) is 35.7 Å². The Bertz CT molecular complexity index is 705. The molecule has 152 valence electrons. The van der Waals surface area contributed by atoms with E-state index >= 15 is 0 Å². The van der Waals surface area contributed by atoms with Crippen molar-refractivity contribution in [1.29, 1.82) is 0 Å². The van der Waals surface area contributed by atoms with Gasteiger partial charge >= 0.3 is 0 Å². The predicted molar refractivity (Wildman–Crippen MR) is 108 cm³/mol. The summed E-state index contributed by atoms with van der Waals surface area (Å²) in [6.07, 6.45) is 2.08. The van der Waals surface area contributed by atoms with Crippen LogP contribution in [0.25, 0.3) is 0 Å². The molecule has 1 fully saturated rings. The van der Waals surface area contributed by atoms with E-state index in [1.807, 2.05) is 25.7 Å². The maximum absolute atomic E-state index is 13.0. The lowest BCUT2D eigenvalue weighted by Crippen LogP contribution is -2.57. The third-order valence-corrected chi connectivity index (χ3v) is 8.33. The lowest BCUT2D eigenvalue weighted by molar-refractivity contribution is -0.147. The van der Waals surface area contributed by atoms with Crippen molar-refractivity contribution in [3.63, 3.8) is 0 Å². The highest BCUT2D eigenvalue weighted by atomic mass is 32.1. The maximum Gasteiger partial charge on any atom is 0.223 e. The number of nitrogen functional groups attached to an aromatic ring is 1. The molecule has 0 bridgehead atoms. The zero-order valence-electron chi connectivity index (χ0n) is 16.9. The van der Waals surface area contributed by atoms with Crippen LogP contribution in [-0.4, -0.2) is 51.8 Å². The van der Waals surface area contributed by atoms with Gasteiger partial charge in [-0.3, -0.25) is 4.79 Å². The van der Waals surface area contributed by atoms with Gasteiger partial charge in [-0.25, -0.2) is 4.98 Å². The van der Waals surface area contributed by atoms with Crippen LogP contribution in [0.1, 0.15) is 63.4 Å². The number of aliphatic hydroxyl groups excluding tert-OH is 2. The van der Waals surface area contributed by atoms with Crippen LogP contribution in [0.15, 0.2) is 0 Å². The number of nitrogens with two attached hydrogens (primary N) is 1. The van der Waals surface area contributed by atoms with Crippen LogP contribution in [0.2, 0.25) is 0 Å². The summed E-state index contributed by atoms with van der Waals surface area (Å²) >= 11 is 1.49. The first kappa shape index (κ1) is 20.6. The van der Waals surface area contributed by atoms with Crippen molar-refractivity contribution < 1.29 is 15.0 Å². The van der Waals surface area contributed by atoms with Crippen LogP contribution in [-0.2, 0) is 11.2 Å². The molecular formula is C20H33N3O3S. The molecule has 0 radical (unpaired) electrons. The molecule has 2 aliphatic carbocycles. The summed E-state index contributed by atoms with van der Waals surface area (Å²) in [4.78, 5) is 20.6. The molecule has 1 aromatic rings. The summed E-state index contributed by atoms with van der Waals surface area (Å²) in [5.41, 5.74) is 6.22. The van der Waals surface area contributed by atoms with Crippen molar-refractivity contribution in [3.05, 3.63) is 10.6 Å². The SMILES string of the molecule is CCN(CC)C(=O)CC1c2nc(N)sc2CC2C(C)(CO)C(O)CCC12C. The Kier molecular flexibility index (Phi) is 5.58. The molecule has 4 N–H and O–H groups in total. The number of hydrogen-bond donors (Lipinski definition) is 3. The first-order valence-electron chi connectivity index (χ1n) is 10.0. The highest BCUT2D eigenvalue weighted by Crippen LogP contribution is 2.62. The second-order valence-electron chi connectivity index (χ2n) is 8.66. The van der Waals surface area contributed by atoms with E-state index in [-0.39, 0.29) is 29.8 Å². The van der Waals surface area contributed by atoms with Crippen LogP contribution >= 0.6 is 11.3 Å². The first-order chi connectivity index (χ1) is 12.7. The molecule has 5 unspecified atom stereocenters. The fourth-order valence-electron chi connectivity index (χ4n) is 5.54. The average molecular weight is 396 g/mol. The van der Waals surface area contributed by atoms with E-state index in [9.17, 15) is 15.0 Å². The molecule has 0 aromatic carbocycles. The average Bonchev–Trinajstić information content (AvgIpc) is 3.01. The molecule has 1 saturated carbocycles. The smallest absolute Gasteiger partial charge is 0.223 e. The van der Waals surface area contributed by atoms with Crippen LogP contribution in [0, 0.1) is 16.7 Å². The Morgan fingerprint density at radius 3 is 2.63 bits per heavy atom. The van der Waals surface area contributed by atoms with Crippen molar-refractivity contribution in [3.8, 4) is 0 Å². The highest BCUT2D eigenvalue weighted by Gasteiger charge is 2.59. The van der Waals surface area contributed by atoms with Crippen LogP contribution in [0.4, 0.5) is 5.13 Å². The number of aliphatic hydroxyl groups is 2. The van der Waals surface area contributed by atoms with E-state index in [0.29, 0.717) is 31.1 Å². The van der Waals surface area contributed by atoms with Crippen LogP contribution < -0.4 is 5.73 Å². The lowest BCUT2D eigenvalue weighted by atomic mass is 9.47. The molecule has 1 aromatic heterocycles. The van der Waals surface area contributed by atoms with Gasteiger partial charge in [0.1, 0.15) is 0 Å². The van der Waals surface area contributed by atoms with Gasteiger partial charge in [-0.15, -0.1) is 11.3 Å². The second kappa shape index (κ2) is 7.33. The maximum atomic E-state index is 13.0. The molecule has 0 saturated heterocycles. The molecule has 1 amide bonds. The summed E-state index contributed by atoms with van der Waals surface area (Å²) in [5, 5.41) is 21.4. The Balaban J connectivity index is 2.05. The topological polar surface area (TPSA) is 99.7 Å². The van der Waals surface area contributed by atoms with Gasteiger partial charge < -0.3 is 20.8 Å². The summed E-state index contributed by atoms with van der Waals surface area (Å²) in [6.45, 7) is 9.53. The fraction of sp³-hybridized carbons (Fsp3) is 0.800. The fourth-order valence-corrected chi connectivity index (χ4v) is 6.48. The molecule has 1 heterocycles. The summed E-state index contributed by atoms with van der Waals surface area (Å²) in [7, 11) is 0. The highest BCUT2D eigenvalue weighted by molar-refractivity contribution is 7.15. The molecule has 27 heavy (non-hydrogen) atoms. The number of carbonyl (C=O) groups excluding carboxylic acids is 1. The van der Waals surface area contributed by atoms with E-state index in [1.54, 1.807) is 0 Å². The minimum Gasteiger partial charge on any atom is -0.396 e. The van der Waals surface area contributed by atoms with Crippen molar-refractivity contribution in [2.24, 2.45) is 16.7 Å². The van der Waals surface area contributed by atoms with Gasteiger partial charge in [0.2, 0.25) is 5.91 Å². The van der Waals surface area contributed by atoms with Crippen molar-refractivity contribution >= 4 is 22.4 Å². The van der Waals surface area contributed by atoms with Gasteiger partial charge in [-0.2, -0.15) is 0 Å². The number of thiazole rings is 1. The van der Waals surface area contributed by atoms with Gasteiger partial charge in [0.05, 0.1) is 18.4 Å². The number of anilines is 1. The first-order valence-corrected chi connectivity index (χ1v) is 10.8. The summed E-state index contributed by atoms with van der Waals surface area (Å²) in [6, 6.07) is 0. The van der Waals surface area contributed by atoms with E-state index < -0.39 is 11.5 Å². The summed E-state index contributed by atoms with van der Waals surface area (Å²) < 4.78 is 0. The predicted octanol–water partition coefficient (Wildman–Crippen LogP) is 2.40. The number of nitrogens with zero attached hydrogens (tertiary/aromatic N) is 2. The molecule has 3 rings (SSSR count). The molecule has 7 heteroatoms. The number of amides is 1. The van der Waals surface area contributed by atoms with Crippen molar-refractivity contribution in [1.82, 2.24) is 9.88 Å². The molecular weight excluding hydrogens is 362 g/mol. The third kappa shape index (κ3) is 3.17. The largest absolute Gasteiger partial charge is 0.396 e. The molecule has 5 atom stereocenters. The number of hydrogen-bond acceptors (Lipinski definition) is 6. The van der Waals surface area contributed by atoms with E-state index in [0.717, 1.165) is 23.4 Å².